The van der Waals surface area contributed by atoms with Gasteiger partial charge in [-0.25, -0.2) is 0 Å². The zero-order valence-corrected chi connectivity index (χ0v) is 11.9. The Labute approximate surface area is 123 Å². The highest BCUT2D eigenvalue weighted by atomic mass is 35.5. The molecule has 0 fully saturated rings. The summed E-state index contributed by atoms with van der Waals surface area (Å²) in [4.78, 5) is 0. The lowest BCUT2D eigenvalue weighted by Crippen LogP contribution is -2.00. The van der Waals surface area contributed by atoms with Crippen molar-refractivity contribution in [2.24, 2.45) is 0 Å². The standard InChI is InChI=1S/C16H18ClNO2/c17-15-8-2-6-13(16(15)20)11-18-14-7-1-4-12(10-14)5-3-9-19/h1-2,4,6-8,10,18-20H,3,5,9,11H2. The molecule has 0 unspecified atom stereocenters. The monoisotopic (exact) mass is 291 g/mol. The van der Waals surface area contributed by atoms with Crippen molar-refractivity contribution in [3.05, 3.63) is 58.6 Å². The number of benzene rings is 2. The predicted octanol–water partition coefficient (Wildman–Crippen LogP) is 3.58. The van der Waals surface area contributed by atoms with Crippen molar-refractivity contribution in [2.75, 3.05) is 11.9 Å². The van der Waals surface area contributed by atoms with Gasteiger partial charge in [0.2, 0.25) is 0 Å². The van der Waals surface area contributed by atoms with E-state index in [1.807, 2.05) is 30.3 Å². The molecule has 3 nitrogen and oxygen atoms in total. The lowest BCUT2D eigenvalue weighted by molar-refractivity contribution is 0.288. The molecular weight excluding hydrogens is 274 g/mol. The number of aliphatic hydroxyl groups excluding tert-OH is 1. The van der Waals surface area contributed by atoms with Gasteiger partial charge in [0.25, 0.3) is 0 Å². The minimum atomic E-state index is 0.123. The molecule has 0 heterocycles. The van der Waals surface area contributed by atoms with Gasteiger partial charge < -0.3 is 15.5 Å². The van der Waals surface area contributed by atoms with Gasteiger partial charge in [0.1, 0.15) is 5.75 Å². The number of phenols is 1. The highest BCUT2D eigenvalue weighted by Gasteiger charge is 2.04. The first kappa shape index (κ1) is 14.7. The molecule has 0 aliphatic heterocycles. The smallest absolute Gasteiger partial charge is 0.139 e. The number of phenolic OH excluding ortho intramolecular Hbond substituents is 1. The number of aryl methyl sites for hydroxylation is 1. The molecule has 0 spiro atoms. The van der Waals surface area contributed by atoms with E-state index in [2.05, 4.69) is 11.4 Å². The Morgan fingerprint density at radius 2 is 1.90 bits per heavy atom. The molecule has 0 aliphatic rings. The van der Waals surface area contributed by atoms with E-state index in [9.17, 15) is 5.11 Å². The van der Waals surface area contributed by atoms with Crippen LogP contribution in [0, 0.1) is 0 Å². The Morgan fingerprint density at radius 3 is 2.70 bits per heavy atom. The summed E-state index contributed by atoms with van der Waals surface area (Å²) in [6.45, 7) is 0.712. The Balaban J connectivity index is 2.01. The number of hydrogen-bond donors (Lipinski definition) is 3. The third-order valence-corrected chi connectivity index (χ3v) is 3.41. The second-order valence-corrected chi connectivity index (χ2v) is 5.04. The van der Waals surface area contributed by atoms with E-state index in [-0.39, 0.29) is 12.4 Å². The number of aliphatic hydroxyl groups is 1. The molecule has 0 amide bonds. The van der Waals surface area contributed by atoms with Crippen molar-refractivity contribution >= 4 is 17.3 Å². The van der Waals surface area contributed by atoms with Gasteiger partial charge in [-0.1, -0.05) is 35.9 Å². The van der Waals surface area contributed by atoms with Crippen molar-refractivity contribution < 1.29 is 10.2 Å². The molecule has 0 saturated carbocycles. The summed E-state index contributed by atoms with van der Waals surface area (Å²) in [5.74, 6) is 0.123. The van der Waals surface area contributed by atoms with E-state index in [4.69, 9.17) is 16.7 Å². The van der Waals surface area contributed by atoms with E-state index < -0.39 is 0 Å². The second kappa shape index (κ2) is 7.17. The quantitative estimate of drug-likeness (QED) is 0.762. The fourth-order valence-electron chi connectivity index (χ4n) is 2.02. The molecule has 4 heteroatoms. The van der Waals surface area contributed by atoms with Crippen LogP contribution in [0.25, 0.3) is 0 Å². The van der Waals surface area contributed by atoms with E-state index in [0.717, 1.165) is 24.1 Å². The second-order valence-electron chi connectivity index (χ2n) is 4.63. The molecule has 2 aromatic carbocycles. The molecule has 20 heavy (non-hydrogen) atoms. The number of halogens is 1. The maximum atomic E-state index is 9.85. The summed E-state index contributed by atoms with van der Waals surface area (Å²) in [5.41, 5.74) is 2.93. The minimum absolute atomic E-state index is 0.123. The zero-order valence-electron chi connectivity index (χ0n) is 11.1. The lowest BCUT2D eigenvalue weighted by Gasteiger charge is -2.10. The number of rotatable bonds is 6. The molecule has 106 valence electrons. The Bertz CT molecular complexity index is 572. The number of para-hydroxylation sites is 1. The van der Waals surface area contributed by atoms with E-state index in [1.54, 1.807) is 6.07 Å². The molecule has 0 radical (unpaired) electrons. The summed E-state index contributed by atoms with van der Waals surface area (Å²) >= 11 is 5.88. The Morgan fingerprint density at radius 1 is 1.10 bits per heavy atom. The van der Waals surface area contributed by atoms with Gasteiger partial charge in [-0.15, -0.1) is 0 Å². The third-order valence-electron chi connectivity index (χ3n) is 3.10. The van der Waals surface area contributed by atoms with Crippen molar-refractivity contribution in [2.45, 2.75) is 19.4 Å². The molecule has 0 aromatic heterocycles. The van der Waals surface area contributed by atoms with Crippen LogP contribution in [-0.2, 0) is 13.0 Å². The van der Waals surface area contributed by atoms with Crippen LogP contribution in [0.4, 0.5) is 5.69 Å². The molecule has 3 N–H and O–H groups in total. The van der Waals surface area contributed by atoms with Gasteiger partial charge in [0.15, 0.2) is 0 Å². The van der Waals surface area contributed by atoms with Gasteiger partial charge >= 0.3 is 0 Å². The van der Waals surface area contributed by atoms with Gasteiger partial charge in [0.05, 0.1) is 5.02 Å². The van der Waals surface area contributed by atoms with Crippen LogP contribution in [0.1, 0.15) is 17.5 Å². The van der Waals surface area contributed by atoms with Crippen molar-refractivity contribution in [1.82, 2.24) is 0 Å². The van der Waals surface area contributed by atoms with Crippen LogP contribution in [0.2, 0.25) is 5.02 Å². The van der Waals surface area contributed by atoms with Crippen LogP contribution >= 0.6 is 11.6 Å². The average Bonchev–Trinajstić information content (AvgIpc) is 2.47. The van der Waals surface area contributed by atoms with Crippen molar-refractivity contribution in [1.29, 1.82) is 0 Å². The van der Waals surface area contributed by atoms with Gasteiger partial charge in [0, 0.05) is 24.4 Å². The summed E-state index contributed by atoms with van der Waals surface area (Å²) < 4.78 is 0. The highest BCUT2D eigenvalue weighted by molar-refractivity contribution is 6.32. The number of anilines is 1. The van der Waals surface area contributed by atoms with Crippen LogP contribution in [0.15, 0.2) is 42.5 Å². The molecular formula is C16H18ClNO2. The topological polar surface area (TPSA) is 52.5 Å². The summed E-state index contributed by atoms with van der Waals surface area (Å²) in [6, 6.07) is 13.4. The van der Waals surface area contributed by atoms with Crippen LogP contribution in [0.5, 0.6) is 5.75 Å². The van der Waals surface area contributed by atoms with Crippen LogP contribution in [0.3, 0.4) is 0 Å². The lowest BCUT2D eigenvalue weighted by atomic mass is 10.1. The average molecular weight is 292 g/mol. The fourth-order valence-corrected chi connectivity index (χ4v) is 2.21. The van der Waals surface area contributed by atoms with E-state index >= 15 is 0 Å². The number of aromatic hydroxyl groups is 1. The molecule has 0 atom stereocenters. The minimum Gasteiger partial charge on any atom is -0.506 e. The largest absolute Gasteiger partial charge is 0.506 e. The Hall–Kier alpha value is -1.71. The first-order valence-electron chi connectivity index (χ1n) is 6.60. The van der Waals surface area contributed by atoms with Gasteiger partial charge in [-0.05, 0) is 36.6 Å². The van der Waals surface area contributed by atoms with Crippen molar-refractivity contribution in [3.8, 4) is 5.75 Å². The molecule has 2 aromatic rings. The summed E-state index contributed by atoms with van der Waals surface area (Å²) in [5, 5.41) is 22.3. The van der Waals surface area contributed by atoms with Crippen LogP contribution < -0.4 is 5.32 Å². The molecule has 0 saturated heterocycles. The highest BCUT2D eigenvalue weighted by Crippen LogP contribution is 2.27. The Kier molecular flexibility index (Phi) is 5.27. The maximum absolute atomic E-state index is 9.85. The van der Waals surface area contributed by atoms with E-state index in [0.29, 0.717) is 11.6 Å². The SMILES string of the molecule is OCCCc1cccc(NCc2cccc(Cl)c2O)c1. The van der Waals surface area contributed by atoms with Crippen LogP contribution in [-0.4, -0.2) is 16.8 Å². The summed E-state index contributed by atoms with van der Waals surface area (Å²) in [6.07, 6.45) is 1.62. The first-order chi connectivity index (χ1) is 9.70. The van der Waals surface area contributed by atoms with Crippen molar-refractivity contribution in [3.63, 3.8) is 0 Å². The first-order valence-corrected chi connectivity index (χ1v) is 6.98. The third kappa shape index (κ3) is 3.89. The zero-order chi connectivity index (χ0) is 14.4. The molecule has 0 aliphatic carbocycles. The number of nitrogens with one attached hydrogen (secondary N) is 1. The summed E-state index contributed by atoms with van der Waals surface area (Å²) in [7, 11) is 0. The normalized spacial score (nSPS) is 10.5. The molecule has 0 bridgehead atoms. The van der Waals surface area contributed by atoms with Gasteiger partial charge in [-0.3, -0.25) is 0 Å². The fraction of sp³-hybridized carbons (Fsp3) is 0.250. The number of hydrogen-bond acceptors (Lipinski definition) is 3. The van der Waals surface area contributed by atoms with Gasteiger partial charge in [-0.2, -0.15) is 0 Å². The maximum Gasteiger partial charge on any atom is 0.139 e. The van der Waals surface area contributed by atoms with E-state index in [1.165, 1.54) is 5.56 Å². The predicted molar refractivity (Wildman–Crippen MR) is 82.3 cm³/mol. The molecule has 2 rings (SSSR count).